The van der Waals surface area contributed by atoms with Crippen LogP contribution in [0.2, 0.25) is 0 Å². The van der Waals surface area contributed by atoms with Crippen molar-refractivity contribution in [3.8, 4) is 0 Å². The highest BCUT2D eigenvalue weighted by Crippen LogP contribution is 2.19. The molecule has 1 aromatic carbocycles. The number of benzene rings is 1. The molecule has 6 nitrogen and oxygen atoms in total. The number of hydrogen-bond donors (Lipinski definition) is 1. The van der Waals surface area contributed by atoms with E-state index in [4.69, 9.17) is 0 Å². The molecule has 2 amide bonds. The molecule has 0 bridgehead atoms. The summed E-state index contributed by atoms with van der Waals surface area (Å²) in [5.41, 5.74) is 2.88. The van der Waals surface area contributed by atoms with Crippen LogP contribution in [0.4, 0.5) is 9.93 Å². The first-order chi connectivity index (χ1) is 12.8. The minimum Gasteiger partial charge on any atom is -0.345 e. The van der Waals surface area contributed by atoms with Gasteiger partial charge in [-0.2, -0.15) is 0 Å². The first kappa shape index (κ1) is 17.3. The van der Waals surface area contributed by atoms with Crippen molar-refractivity contribution in [2.24, 2.45) is 0 Å². The van der Waals surface area contributed by atoms with Crippen LogP contribution in [0.25, 0.3) is 0 Å². The molecule has 0 aliphatic carbocycles. The van der Waals surface area contributed by atoms with E-state index in [0.717, 1.165) is 57.4 Å². The molecular weight excluding hydrogens is 346 g/mol. The lowest BCUT2D eigenvalue weighted by Gasteiger charge is -2.34. The Morgan fingerprint density at radius 3 is 2.69 bits per heavy atom. The van der Waals surface area contributed by atoms with Gasteiger partial charge < -0.3 is 15.1 Å². The number of rotatable bonds is 4. The van der Waals surface area contributed by atoms with Gasteiger partial charge in [-0.3, -0.25) is 4.90 Å². The number of amides is 2. The van der Waals surface area contributed by atoms with E-state index in [9.17, 15) is 4.79 Å². The molecule has 1 saturated heterocycles. The van der Waals surface area contributed by atoms with Gasteiger partial charge in [-0.05, 0) is 17.5 Å². The van der Waals surface area contributed by atoms with E-state index in [2.05, 4.69) is 44.4 Å². The van der Waals surface area contributed by atoms with Crippen LogP contribution in [0.5, 0.6) is 0 Å². The van der Waals surface area contributed by atoms with Gasteiger partial charge in [0.2, 0.25) is 0 Å². The highest BCUT2D eigenvalue weighted by Gasteiger charge is 2.22. The number of nitrogens with one attached hydrogen (secondary N) is 1. The number of fused-ring (bicyclic) bond motifs is 1. The van der Waals surface area contributed by atoms with E-state index in [0.29, 0.717) is 6.54 Å². The maximum absolute atomic E-state index is 12.4. The predicted octanol–water partition coefficient (Wildman–Crippen LogP) is 2.03. The van der Waals surface area contributed by atoms with Crippen molar-refractivity contribution in [3.05, 3.63) is 47.0 Å². The average molecular weight is 372 g/mol. The summed E-state index contributed by atoms with van der Waals surface area (Å²) in [7, 11) is 0. The summed E-state index contributed by atoms with van der Waals surface area (Å²) in [6, 6.07) is 8.71. The van der Waals surface area contributed by atoms with Crippen LogP contribution in [-0.2, 0) is 13.0 Å². The summed E-state index contributed by atoms with van der Waals surface area (Å²) in [6.45, 7) is 6.86. The van der Waals surface area contributed by atoms with Crippen LogP contribution in [0.1, 0.15) is 11.1 Å². The van der Waals surface area contributed by atoms with Gasteiger partial charge in [0.15, 0.2) is 5.13 Å². The molecule has 3 heterocycles. The zero-order valence-electron chi connectivity index (χ0n) is 14.9. The Kier molecular flexibility index (Phi) is 5.36. The average Bonchev–Trinajstić information content (AvgIpc) is 3.23. The maximum Gasteiger partial charge on any atom is 0.317 e. The Morgan fingerprint density at radius 1 is 1.12 bits per heavy atom. The standard InChI is InChI=1S/C19H25N5OS/c25-18(23-10-12-24(13-11-23)19-21-7-14-26-19)20-6-9-22-8-5-16-3-1-2-4-17(16)15-22/h1-4,7,14H,5-6,8-13,15H2,(H,20,25). The van der Waals surface area contributed by atoms with Gasteiger partial charge in [-0.25, -0.2) is 9.78 Å². The number of carbonyl (C=O) groups excluding carboxylic acids is 1. The summed E-state index contributed by atoms with van der Waals surface area (Å²) in [6.07, 6.45) is 2.93. The number of nitrogens with zero attached hydrogens (tertiary/aromatic N) is 4. The second-order valence-electron chi connectivity index (χ2n) is 6.82. The predicted molar refractivity (Wildman–Crippen MR) is 105 cm³/mol. The second-order valence-corrected chi connectivity index (χ2v) is 7.69. The summed E-state index contributed by atoms with van der Waals surface area (Å²) in [5.74, 6) is 0. The number of hydrogen-bond acceptors (Lipinski definition) is 5. The van der Waals surface area contributed by atoms with Crippen molar-refractivity contribution in [1.82, 2.24) is 20.1 Å². The molecule has 26 heavy (non-hydrogen) atoms. The first-order valence-corrected chi connectivity index (χ1v) is 10.1. The Bertz CT molecular complexity index is 727. The van der Waals surface area contributed by atoms with Crippen molar-refractivity contribution in [1.29, 1.82) is 0 Å². The Morgan fingerprint density at radius 2 is 1.92 bits per heavy atom. The zero-order valence-corrected chi connectivity index (χ0v) is 15.7. The molecule has 2 aliphatic heterocycles. The summed E-state index contributed by atoms with van der Waals surface area (Å²) < 4.78 is 0. The van der Waals surface area contributed by atoms with Gasteiger partial charge in [0.25, 0.3) is 0 Å². The van der Waals surface area contributed by atoms with Gasteiger partial charge in [-0.15, -0.1) is 11.3 Å². The molecule has 0 atom stereocenters. The van der Waals surface area contributed by atoms with Crippen LogP contribution in [0.3, 0.4) is 0 Å². The first-order valence-electron chi connectivity index (χ1n) is 9.26. The van der Waals surface area contributed by atoms with Crippen LogP contribution >= 0.6 is 11.3 Å². The molecule has 2 aromatic rings. The fourth-order valence-electron chi connectivity index (χ4n) is 3.65. The highest BCUT2D eigenvalue weighted by atomic mass is 32.1. The van der Waals surface area contributed by atoms with Crippen molar-refractivity contribution >= 4 is 22.5 Å². The molecular formula is C19H25N5OS. The molecule has 1 N–H and O–H groups in total. The van der Waals surface area contributed by atoms with Crippen LogP contribution in [0, 0.1) is 0 Å². The fraction of sp³-hybridized carbons (Fsp3) is 0.474. The Hall–Kier alpha value is -2.12. The van der Waals surface area contributed by atoms with Gasteiger partial charge >= 0.3 is 6.03 Å². The lowest BCUT2D eigenvalue weighted by Crippen LogP contribution is -2.52. The second kappa shape index (κ2) is 8.05. The third-order valence-electron chi connectivity index (χ3n) is 5.17. The molecule has 0 saturated carbocycles. The zero-order chi connectivity index (χ0) is 17.8. The van der Waals surface area contributed by atoms with E-state index in [1.54, 1.807) is 11.3 Å². The van der Waals surface area contributed by atoms with Crippen molar-refractivity contribution in [3.63, 3.8) is 0 Å². The molecule has 4 rings (SSSR count). The number of piperazine rings is 1. The Balaban J connectivity index is 1.18. The quantitative estimate of drug-likeness (QED) is 0.894. The lowest BCUT2D eigenvalue weighted by molar-refractivity contribution is 0.190. The molecule has 138 valence electrons. The molecule has 0 unspecified atom stereocenters. The molecule has 7 heteroatoms. The third kappa shape index (κ3) is 3.99. The fourth-order valence-corrected chi connectivity index (χ4v) is 4.35. The van der Waals surface area contributed by atoms with Crippen LogP contribution < -0.4 is 10.2 Å². The minimum atomic E-state index is 0.0567. The van der Waals surface area contributed by atoms with Gasteiger partial charge in [-0.1, -0.05) is 24.3 Å². The lowest BCUT2D eigenvalue weighted by atomic mass is 10.00. The number of urea groups is 1. The van der Waals surface area contributed by atoms with Gasteiger partial charge in [0.05, 0.1) is 0 Å². The van der Waals surface area contributed by atoms with Gasteiger partial charge in [0.1, 0.15) is 0 Å². The molecule has 2 aliphatic rings. The van der Waals surface area contributed by atoms with E-state index >= 15 is 0 Å². The monoisotopic (exact) mass is 371 g/mol. The molecule has 1 aromatic heterocycles. The van der Waals surface area contributed by atoms with E-state index in [1.807, 2.05) is 16.5 Å². The van der Waals surface area contributed by atoms with E-state index in [-0.39, 0.29) is 6.03 Å². The number of aromatic nitrogens is 1. The van der Waals surface area contributed by atoms with Crippen molar-refractivity contribution in [2.75, 3.05) is 50.7 Å². The van der Waals surface area contributed by atoms with Crippen LogP contribution in [-0.4, -0.2) is 66.6 Å². The smallest absolute Gasteiger partial charge is 0.317 e. The van der Waals surface area contributed by atoms with Crippen molar-refractivity contribution < 1.29 is 4.79 Å². The highest BCUT2D eigenvalue weighted by molar-refractivity contribution is 7.13. The molecule has 0 radical (unpaired) electrons. The topological polar surface area (TPSA) is 51.7 Å². The summed E-state index contributed by atoms with van der Waals surface area (Å²) >= 11 is 1.65. The minimum absolute atomic E-state index is 0.0567. The van der Waals surface area contributed by atoms with E-state index in [1.165, 1.54) is 11.1 Å². The maximum atomic E-state index is 12.4. The van der Waals surface area contributed by atoms with Gasteiger partial charge in [0, 0.05) is 63.9 Å². The van der Waals surface area contributed by atoms with Crippen molar-refractivity contribution in [2.45, 2.75) is 13.0 Å². The molecule has 0 spiro atoms. The third-order valence-corrected chi connectivity index (χ3v) is 6.00. The normalized spacial score (nSPS) is 17.8. The number of thiazole rings is 1. The molecule has 1 fully saturated rings. The van der Waals surface area contributed by atoms with Crippen LogP contribution in [0.15, 0.2) is 35.8 Å². The summed E-state index contributed by atoms with van der Waals surface area (Å²) in [4.78, 5) is 23.3. The Labute approximate surface area is 158 Å². The summed E-state index contributed by atoms with van der Waals surface area (Å²) in [5, 5.41) is 6.13. The van der Waals surface area contributed by atoms with E-state index < -0.39 is 0 Å². The SMILES string of the molecule is O=C(NCCN1CCc2ccccc2C1)N1CCN(c2nccs2)CC1. The largest absolute Gasteiger partial charge is 0.345 e. The number of anilines is 1. The number of carbonyl (C=O) groups is 1.